The van der Waals surface area contributed by atoms with Crippen LogP contribution in [0.15, 0.2) is 24.3 Å². The first kappa shape index (κ1) is 14.5. The number of nitrogens with two attached hydrogens (primary N) is 1. The van der Waals surface area contributed by atoms with Crippen molar-refractivity contribution in [2.45, 2.75) is 38.6 Å². The van der Waals surface area contributed by atoms with Crippen LogP contribution in [0, 0.1) is 5.92 Å². The maximum Gasteiger partial charge on any atom is 0.323 e. The van der Waals surface area contributed by atoms with Crippen LogP contribution in [0.3, 0.4) is 0 Å². The summed E-state index contributed by atoms with van der Waals surface area (Å²) in [5.74, 6) is -0.487. The Morgan fingerprint density at radius 1 is 1.50 bits per heavy atom. The highest BCUT2D eigenvalue weighted by molar-refractivity contribution is 5.77. The lowest BCUT2D eigenvalue weighted by Gasteiger charge is -2.23. The van der Waals surface area contributed by atoms with Crippen molar-refractivity contribution in [3.05, 3.63) is 29.8 Å². The van der Waals surface area contributed by atoms with E-state index in [-0.39, 0.29) is 11.7 Å². The van der Waals surface area contributed by atoms with Crippen molar-refractivity contribution >= 4 is 5.97 Å². The van der Waals surface area contributed by atoms with Crippen molar-refractivity contribution in [1.29, 1.82) is 0 Å². The van der Waals surface area contributed by atoms with Gasteiger partial charge >= 0.3 is 5.97 Å². The number of rotatable bonds is 6. The Morgan fingerprint density at radius 3 is 2.72 bits per heavy atom. The minimum Gasteiger partial charge on any atom is -0.508 e. The molecule has 0 radical (unpaired) electrons. The van der Waals surface area contributed by atoms with E-state index in [4.69, 9.17) is 10.8 Å². The smallest absolute Gasteiger partial charge is 0.323 e. The molecule has 0 aliphatic carbocycles. The van der Waals surface area contributed by atoms with E-state index in [0.29, 0.717) is 6.42 Å². The third-order valence-corrected chi connectivity index (χ3v) is 3.10. The fourth-order valence-electron chi connectivity index (χ4n) is 2.04. The molecule has 0 aliphatic rings. The minimum absolute atomic E-state index is 0.221. The molecule has 0 fully saturated rings. The van der Waals surface area contributed by atoms with Crippen molar-refractivity contribution in [3.8, 4) is 5.75 Å². The van der Waals surface area contributed by atoms with Gasteiger partial charge in [0.05, 0.1) is 0 Å². The van der Waals surface area contributed by atoms with E-state index in [1.54, 1.807) is 25.1 Å². The summed E-state index contributed by atoms with van der Waals surface area (Å²) in [6.45, 7) is 3.54. The topological polar surface area (TPSA) is 83.5 Å². The summed E-state index contributed by atoms with van der Waals surface area (Å²) in [7, 11) is 0. The highest BCUT2D eigenvalue weighted by Gasteiger charge is 2.29. The second-order valence-electron chi connectivity index (χ2n) is 5.24. The van der Waals surface area contributed by atoms with Crippen molar-refractivity contribution < 1.29 is 15.0 Å². The van der Waals surface area contributed by atoms with Crippen LogP contribution in [-0.2, 0) is 11.2 Å². The maximum atomic E-state index is 10.9. The molecule has 100 valence electrons. The fraction of sp³-hybridized carbons (Fsp3) is 0.500. The highest BCUT2D eigenvalue weighted by atomic mass is 16.4. The molecule has 18 heavy (non-hydrogen) atoms. The highest BCUT2D eigenvalue weighted by Crippen LogP contribution is 2.20. The Labute approximate surface area is 107 Å². The van der Waals surface area contributed by atoms with Crippen LogP contribution in [0.1, 0.15) is 32.3 Å². The number of carboxylic acids is 1. The normalized spacial score (nSPS) is 15.9. The predicted octanol–water partition coefficient (Wildman–Crippen LogP) is 2.15. The van der Waals surface area contributed by atoms with Crippen molar-refractivity contribution in [3.63, 3.8) is 0 Å². The number of hydrogen-bond donors (Lipinski definition) is 3. The molecule has 1 rings (SSSR count). The Hall–Kier alpha value is -1.55. The number of carboxylic acid groups (broad SMARTS) is 1. The van der Waals surface area contributed by atoms with Gasteiger partial charge in [-0.2, -0.15) is 0 Å². The number of phenolic OH excluding ortho intramolecular Hbond substituents is 1. The van der Waals surface area contributed by atoms with Crippen LogP contribution in [0.2, 0.25) is 0 Å². The summed E-state index contributed by atoms with van der Waals surface area (Å²) in [6.07, 6.45) is 2.11. The van der Waals surface area contributed by atoms with Crippen LogP contribution >= 0.6 is 0 Å². The molecule has 1 aromatic rings. The first-order valence-corrected chi connectivity index (χ1v) is 6.11. The molecule has 1 aromatic carbocycles. The average Bonchev–Trinajstić information content (AvgIpc) is 2.25. The van der Waals surface area contributed by atoms with E-state index in [2.05, 4.69) is 0 Å². The van der Waals surface area contributed by atoms with E-state index in [0.717, 1.165) is 18.4 Å². The molecule has 0 saturated heterocycles. The van der Waals surface area contributed by atoms with Crippen LogP contribution in [0.4, 0.5) is 0 Å². The Morgan fingerprint density at radius 2 is 2.17 bits per heavy atom. The van der Waals surface area contributed by atoms with Gasteiger partial charge in [0, 0.05) is 0 Å². The number of carbonyl (C=O) groups is 1. The molecule has 0 aliphatic heterocycles. The molecule has 0 amide bonds. The van der Waals surface area contributed by atoms with E-state index < -0.39 is 11.5 Å². The molecule has 4 nitrogen and oxygen atoms in total. The van der Waals surface area contributed by atoms with Crippen LogP contribution in [0.25, 0.3) is 0 Å². The summed E-state index contributed by atoms with van der Waals surface area (Å²) < 4.78 is 0. The zero-order valence-electron chi connectivity index (χ0n) is 10.9. The van der Waals surface area contributed by atoms with Gasteiger partial charge in [0.15, 0.2) is 0 Å². The summed E-state index contributed by atoms with van der Waals surface area (Å²) >= 11 is 0. The zero-order valence-corrected chi connectivity index (χ0v) is 10.9. The average molecular weight is 251 g/mol. The standard InChI is InChI=1S/C14H21NO3/c1-10(9-14(2,15)13(17)18)6-7-11-4-3-5-12(16)8-11/h3-5,8,10,16H,6-7,9,15H2,1-2H3,(H,17,18). The molecule has 2 unspecified atom stereocenters. The van der Waals surface area contributed by atoms with Gasteiger partial charge in [-0.3, -0.25) is 4.79 Å². The van der Waals surface area contributed by atoms with Gasteiger partial charge < -0.3 is 15.9 Å². The number of aryl methyl sites for hydroxylation is 1. The Kier molecular flexibility index (Phi) is 4.73. The fourth-order valence-corrected chi connectivity index (χ4v) is 2.04. The molecular formula is C14H21NO3. The van der Waals surface area contributed by atoms with Gasteiger partial charge in [-0.25, -0.2) is 0 Å². The van der Waals surface area contributed by atoms with Crippen LogP contribution < -0.4 is 5.73 Å². The largest absolute Gasteiger partial charge is 0.508 e. The monoisotopic (exact) mass is 251 g/mol. The molecule has 4 heteroatoms. The molecule has 0 aromatic heterocycles. The van der Waals surface area contributed by atoms with Gasteiger partial charge in [0.1, 0.15) is 11.3 Å². The second kappa shape index (κ2) is 5.87. The molecule has 0 heterocycles. The lowest BCUT2D eigenvalue weighted by atomic mass is 9.87. The zero-order chi connectivity index (χ0) is 13.8. The third kappa shape index (κ3) is 4.37. The van der Waals surface area contributed by atoms with Crippen LogP contribution in [-0.4, -0.2) is 21.7 Å². The third-order valence-electron chi connectivity index (χ3n) is 3.10. The molecule has 4 N–H and O–H groups in total. The molecular weight excluding hydrogens is 230 g/mol. The first-order valence-electron chi connectivity index (χ1n) is 6.11. The Balaban J connectivity index is 2.47. The lowest BCUT2D eigenvalue weighted by Crippen LogP contribution is -2.46. The number of aliphatic carboxylic acids is 1. The van der Waals surface area contributed by atoms with E-state index in [9.17, 15) is 9.90 Å². The number of phenols is 1. The Bertz CT molecular complexity index is 415. The molecule has 0 saturated carbocycles. The maximum absolute atomic E-state index is 10.9. The predicted molar refractivity (Wildman–Crippen MR) is 70.4 cm³/mol. The van der Waals surface area contributed by atoms with E-state index in [1.807, 2.05) is 13.0 Å². The lowest BCUT2D eigenvalue weighted by molar-refractivity contribution is -0.143. The SMILES string of the molecule is CC(CCc1cccc(O)c1)CC(C)(N)C(=O)O. The van der Waals surface area contributed by atoms with Crippen molar-refractivity contribution in [1.82, 2.24) is 0 Å². The van der Waals surface area contributed by atoms with Crippen molar-refractivity contribution in [2.75, 3.05) is 0 Å². The van der Waals surface area contributed by atoms with Gasteiger partial charge in [-0.05, 0) is 49.8 Å². The molecule has 0 spiro atoms. The first-order chi connectivity index (χ1) is 8.31. The van der Waals surface area contributed by atoms with E-state index in [1.165, 1.54) is 0 Å². The van der Waals surface area contributed by atoms with Gasteiger partial charge in [-0.1, -0.05) is 19.1 Å². The van der Waals surface area contributed by atoms with Gasteiger partial charge in [0.25, 0.3) is 0 Å². The summed E-state index contributed by atoms with van der Waals surface area (Å²) in [5.41, 5.74) is 5.60. The summed E-state index contributed by atoms with van der Waals surface area (Å²) in [5, 5.41) is 18.3. The van der Waals surface area contributed by atoms with Crippen LogP contribution in [0.5, 0.6) is 5.75 Å². The quantitative estimate of drug-likeness (QED) is 0.723. The van der Waals surface area contributed by atoms with Crippen molar-refractivity contribution in [2.24, 2.45) is 11.7 Å². The van der Waals surface area contributed by atoms with Gasteiger partial charge in [-0.15, -0.1) is 0 Å². The van der Waals surface area contributed by atoms with Gasteiger partial charge in [0.2, 0.25) is 0 Å². The molecule has 0 bridgehead atoms. The second-order valence-corrected chi connectivity index (χ2v) is 5.24. The summed E-state index contributed by atoms with van der Waals surface area (Å²) in [6, 6.07) is 7.12. The number of hydrogen-bond acceptors (Lipinski definition) is 3. The number of aromatic hydroxyl groups is 1. The molecule has 2 atom stereocenters. The number of benzene rings is 1. The minimum atomic E-state index is -1.17. The summed E-state index contributed by atoms with van der Waals surface area (Å²) in [4.78, 5) is 10.9. The van der Waals surface area contributed by atoms with E-state index >= 15 is 0 Å².